The van der Waals surface area contributed by atoms with Gasteiger partial charge >= 0.3 is 0 Å². The number of anilines is 2. The van der Waals surface area contributed by atoms with Crippen molar-refractivity contribution in [1.82, 2.24) is 59.3 Å². The minimum absolute atomic E-state index is 0.0219. The van der Waals surface area contributed by atoms with Gasteiger partial charge in [0, 0.05) is 52.4 Å². The molecule has 0 N–H and O–H groups in total. The summed E-state index contributed by atoms with van der Waals surface area (Å²) in [6, 6.07) is 17.4. The summed E-state index contributed by atoms with van der Waals surface area (Å²) in [7, 11) is -1.96. The number of carbonyl (C=O) groups excluding carboxylic acids is 2. The van der Waals surface area contributed by atoms with Crippen molar-refractivity contribution in [3.63, 3.8) is 0 Å². The monoisotopic (exact) mass is 1250 g/mol. The first-order chi connectivity index (χ1) is 42.4. The SMILES string of the molecule is COc1cccc(OC)c1-n1c(CS(=O)(=O)[C@@H]2C[C@@H](C(=O)N3CCC3)CN(c3ncc(F)cn3)C2)nnc1-c1ccc(C)o1.COc1cccc(OC)c1-n1c(CS(=O)(=O)[C@H]2C[C@H](C(=O)N3CCC3)CN(c3ncc(F)cn3)C2)nnc1-c1ccc(C)o1. The highest BCUT2D eigenvalue weighted by molar-refractivity contribution is 7.91. The van der Waals surface area contributed by atoms with Gasteiger partial charge in [0.05, 0.1) is 75.6 Å². The van der Waals surface area contributed by atoms with Crippen LogP contribution in [0, 0.1) is 37.3 Å². The van der Waals surface area contributed by atoms with Crippen LogP contribution < -0.4 is 28.7 Å². The number of sulfone groups is 2. The first-order valence-electron chi connectivity index (χ1n) is 28.3. The molecule has 0 saturated carbocycles. The van der Waals surface area contributed by atoms with Crippen molar-refractivity contribution in [3.05, 3.63) is 120 Å². The summed E-state index contributed by atoms with van der Waals surface area (Å²) in [4.78, 5) is 49.6. The molecule has 4 fully saturated rings. The first kappa shape index (κ1) is 60.6. The third-order valence-electron chi connectivity index (χ3n) is 15.9. The lowest BCUT2D eigenvalue weighted by molar-refractivity contribution is -0.140. The molecule has 0 spiro atoms. The van der Waals surface area contributed by atoms with Crippen molar-refractivity contribution in [2.75, 3.05) is 90.6 Å². The van der Waals surface area contributed by atoms with E-state index in [1.807, 2.05) is 0 Å². The highest BCUT2D eigenvalue weighted by Crippen LogP contribution is 2.40. The Morgan fingerprint density at radius 3 is 1.17 bits per heavy atom. The molecule has 26 nitrogen and oxygen atoms in total. The lowest BCUT2D eigenvalue weighted by Crippen LogP contribution is -2.54. The van der Waals surface area contributed by atoms with Crippen molar-refractivity contribution >= 4 is 43.4 Å². The molecule has 0 bridgehead atoms. The maximum absolute atomic E-state index is 14.2. The summed E-state index contributed by atoms with van der Waals surface area (Å²) in [5, 5.41) is 15.3. The van der Waals surface area contributed by atoms with Crippen LogP contribution in [0.2, 0.25) is 0 Å². The molecular weight excluding hydrogens is 1190 g/mol. The highest BCUT2D eigenvalue weighted by atomic mass is 32.2. The first-order valence-corrected chi connectivity index (χ1v) is 31.7. The van der Waals surface area contributed by atoms with E-state index in [1.165, 1.54) is 28.4 Å². The summed E-state index contributed by atoms with van der Waals surface area (Å²) >= 11 is 0. The molecule has 0 unspecified atom stereocenters. The quantitative estimate of drug-likeness (QED) is 0.100. The number of halogens is 2. The van der Waals surface area contributed by atoms with Crippen molar-refractivity contribution < 1.29 is 63.0 Å². The number of piperidine rings is 2. The molecule has 2 aromatic carbocycles. The summed E-state index contributed by atoms with van der Waals surface area (Å²) in [5.74, 6) is 1.06. The second-order valence-electron chi connectivity index (χ2n) is 21.7. The summed E-state index contributed by atoms with van der Waals surface area (Å²) in [6.45, 7) is 6.62. The minimum Gasteiger partial charge on any atom is -0.494 e. The number of nitrogens with zero attached hydrogens (tertiary/aromatic N) is 14. The number of likely N-dealkylation sites (tertiary alicyclic amines) is 2. The molecule has 10 heterocycles. The van der Waals surface area contributed by atoms with Crippen molar-refractivity contribution in [2.45, 2.75) is 61.5 Å². The fourth-order valence-electron chi connectivity index (χ4n) is 11.3. The van der Waals surface area contributed by atoms with E-state index in [2.05, 4.69) is 40.3 Å². The van der Waals surface area contributed by atoms with Gasteiger partial charge in [-0.1, -0.05) is 12.1 Å². The molecule has 4 saturated heterocycles. The number of aromatic nitrogens is 10. The van der Waals surface area contributed by atoms with E-state index in [-0.39, 0.29) is 86.0 Å². The van der Waals surface area contributed by atoms with E-state index in [0.29, 0.717) is 83.6 Å². The fourth-order valence-corrected chi connectivity index (χ4v) is 14.7. The smallest absolute Gasteiger partial charge is 0.227 e. The Balaban J connectivity index is 0.000000182. The van der Waals surface area contributed by atoms with Crippen LogP contribution in [0.15, 0.2) is 94.3 Å². The zero-order valence-electron chi connectivity index (χ0n) is 49.0. The predicted octanol–water partition coefficient (Wildman–Crippen LogP) is 5.65. The zero-order valence-corrected chi connectivity index (χ0v) is 50.7. The second-order valence-corrected chi connectivity index (χ2v) is 26.2. The van der Waals surface area contributed by atoms with Crippen LogP contribution in [0.3, 0.4) is 0 Å². The number of ether oxygens (including phenoxy) is 4. The third kappa shape index (κ3) is 12.4. The predicted molar refractivity (Wildman–Crippen MR) is 314 cm³/mol. The molecule has 464 valence electrons. The van der Waals surface area contributed by atoms with E-state index in [4.69, 9.17) is 27.8 Å². The number of rotatable bonds is 18. The van der Waals surface area contributed by atoms with Crippen molar-refractivity contribution in [1.29, 1.82) is 0 Å². The molecular formula is C58H64F2N14O12S2. The van der Waals surface area contributed by atoms with E-state index >= 15 is 0 Å². The summed E-state index contributed by atoms with van der Waals surface area (Å²) in [6.07, 6.45) is 6.13. The second kappa shape index (κ2) is 25.3. The minimum atomic E-state index is -3.98. The Labute approximate surface area is 505 Å². The van der Waals surface area contributed by atoms with Gasteiger partial charge in [-0.25, -0.2) is 45.6 Å². The third-order valence-corrected chi connectivity index (χ3v) is 20.0. The number of furan rings is 2. The molecule has 4 aliphatic heterocycles. The van der Waals surface area contributed by atoms with E-state index in [0.717, 1.165) is 37.6 Å². The highest BCUT2D eigenvalue weighted by Gasteiger charge is 2.44. The van der Waals surface area contributed by atoms with Crippen LogP contribution >= 0.6 is 0 Å². The van der Waals surface area contributed by atoms with E-state index in [9.17, 15) is 35.2 Å². The molecule has 0 aliphatic carbocycles. The maximum atomic E-state index is 14.2. The Hall–Kier alpha value is -9.06. The number of hydrogen-bond acceptors (Lipinski definition) is 22. The number of methoxy groups -OCH3 is 4. The normalized spacial score (nSPS) is 18.6. The Morgan fingerprint density at radius 2 is 0.875 bits per heavy atom. The molecule has 4 aliphatic rings. The molecule has 2 amide bonds. The van der Waals surface area contributed by atoms with Gasteiger partial charge in [-0.2, -0.15) is 0 Å². The maximum Gasteiger partial charge on any atom is 0.227 e. The van der Waals surface area contributed by atoms with Crippen LogP contribution in [0.5, 0.6) is 23.0 Å². The molecule has 8 aromatic rings. The van der Waals surface area contributed by atoms with E-state index < -0.39 is 65.2 Å². The molecule has 30 heteroatoms. The van der Waals surface area contributed by atoms with Gasteiger partial charge in [-0.05, 0) is 88.1 Å². The van der Waals surface area contributed by atoms with Gasteiger partial charge in [0.2, 0.25) is 35.4 Å². The number of carbonyl (C=O) groups is 2. The molecule has 12 rings (SSSR count). The molecule has 88 heavy (non-hydrogen) atoms. The van der Waals surface area contributed by atoms with Crippen LogP contribution in [0.25, 0.3) is 34.5 Å². The Morgan fingerprint density at radius 1 is 0.523 bits per heavy atom. The van der Waals surface area contributed by atoms with Gasteiger partial charge < -0.3 is 47.4 Å². The molecule has 4 atom stereocenters. The topological polar surface area (TPSA) is 292 Å². The van der Waals surface area contributed by atoms with Gasteiger partial charge in [0.25, 0.3) is 0 Å². The van der Waals surface area contributed by atoms with Gasteiger partial charge in [-0.15, -0.1) is 20.4 Å². The molecule has 6 aromatic heterocycles. The number of amides is 2. The van der Waals surface area contributed by atoms with Gasteiger partial charge in [0.1, 0.15) is 57.4 Å². The zero-order chi connectivity index (χ0) is 62.0. The fraction of sp³-hybridized carbons (Fsp3) is 0.414. The van der Waals surface area contributed by atoms with Crippen molar-refractivity contribution in [3.8, 4) is 57.5 Å². The van der Waals surface area contributed by atoms with Gasteiger partial charge in [0.15, 0.2) is 54.5 Å². The van der Waals surface area contributed by atoms with Gasteiger partial charge in [-0.3, -0.25) is 18.7 Å². The summed E-state index contributed by atoms with van der Waals surface area (Å²) in [5.41, 5.74) is 0.820. The van der Waals surface area contributed by atoms with Crippen LogP contribution in [0.4, 0.5) is 20.7 Å². The average molecular weight is 1250 g/mol. The van der Waals surface area contributed by atoms with Crippen LogP contribution in [-0.4, -0.2) is 179 Å². The van der Waals surface area contributed by atoms with Crippen molar-refractivity contribution in [2.24, 2.45) is 11.8 Å². The van der Waals surface area contributed by atoms with E-state index in [1.54, 1.807) is 103 Å². The number of benzene rings is 2. The van der Waals surface area contributed by atoms with Crippen LogP contribution in [-0.2, 0) is 40.8 Å². The number of aryl methyl sites for hydroxylation is 2. The number of hydrogen-bond donors (Lipinski definition) is 0. The lowest BCUT2D eigenvalue weighted by Gasteiger charge is -2.40. The van der Waals surface area contributed by atoms with Crippen LogP contribution in [0.1, 0.15) is 48.9 Å². The largest absolute Gasteiger partial charge is 0.494 e. The Bertz CT molecular complexity index is 3760. The summed E-state index contributed by atoms with van der Waals surface area (Å²) < 4.78 is 121. The number of para-hydroxylation sites is 2. The lowest BCUT2D eigenvalue weighted by atomic mass is 9.95. The average Bonchev–Trinajstić information content (AvgIpc) is 2.46. The molecule has 0 radical (unpaired) electrons. The Kier molecular flexibility index (Phi) is 17.5. The standard InChI is InChI=1S/2C29H32FN7O6S/c2*1-18-8-9-24(43-18)27-34-33-25(37(27)26-22(41-2)6-4-7-23(26)42-3)17-44(39,40)21-12-19(28(38)35-10-5-11-35)15-36(16-21)29-31-13-20(30)14-32-29/h2*4,6-9,13-14,19,21H,5,10-12,15-17H2,1-3H3/t2*19-,21-/m10/s1.